The summed E-state index contributed by atoms with van der Waals surface area (Å²) in [7, 11) is 0. The highest BCUT2D eigenvalue weighted by molar-refractivity contribution is 6.21. The lowest BCUT2D eigenvalue weighted by Crippen LogP contribution is -2.31. The molecule has 1 aromatic heterocycles. The number of H-pyrrole nitrogens is 1. The minimum atomic E-state index is -0.129. The number of alkyl halides is 1. The number of aromatic amines is 1. The molecule has 5 heteroatoms. The zero-order chi connectivity index (χ0) is 13.1. The van der Waals surface area contributed by atoms with E-state index in [4.69, 9.17) is 11.6 Å². The van der Waals surface area contributed by atoms with Crippen molar-refractivity contribution in [1.29, 1.82) is 0 Å². The van der Waals surface area contributed by atoms with Crippen molar-refractivity contribution in [2.24, 2.45) is 5.41 Å². The number of amides is 1. The van der Waals surface area contributed by atoms with Gasteiger partial charge >= 0.3 is 0 Å². The molecule has 0 spiro atoms. The van der Waals surface area contributed by atoms with Crippen LogP contribution in [-0.2, 0) is 0 Å². The molecule has 0 bridgehead atoms. The number of rotatable bonds is 4. The summed E-state index contributed by atoms with van der Waals surface area (Å²) in [6.45, 7) is 8.68. The first-order chi connectivity index (χ1) is 7.79. The van der Waals surface area contributed by atoms with Gasteiger partial charge in [0.15, 0.2) is 0 Å². The van der Waals surface area contributed by atoms with Gasteiger partial charge in [0, 0.05) is 12.2 Å². The van der Waals surface area contributed by atoms with E-state index in [0.29, 0.717) is 12.1 Å². The Bertz CT molecular complexity index is 381. The van der Waals surface area contributed by atoms with Crippen LogP contribution in [0, 0.1) is 12.3 Å². The molecular weight excluding hydrogens is 238 g/mol. The standard InChI is InChI=1S/C12H20ClN3O/c1-8-10(7-15-16-8)11(17)14-6-9(13)5-12(2,3)4/h7,9H,5-6H2,1-4H3,(H,14,17)(H,15,16). The van der Waals surface area contributed by atoms with Crippen molar-refractivity contribution in [3.63, 3.8) is 0 Å². The number of aryl methyl sites for hydroxylation is 1. The molecule has 1 rings (SSSR count). The number of hydrogen-bond acceptors (Lipinski definition) is 2. The van der Waals surface area contributed by atoms with E-state index in [2.05, 4.69) is 36.3 Å². The lowest BCUT2D eigenvalue weighted by Gasteiger charge is -2.21. The van der Waals surface area contributed by atoms with E-state index in [1.807, 2.05) is 6.92 Å². The molecule has 1 atom stereocenters. The van der Waals surface area contributed by atoms with E-state index >= 15 is 0 Å². The second kappa shape index (κ2) is 5.54. The van der Waals surface area contributed by atoms with Crippen LogP contribution in [0.3, 0.4) is 0 Å². The summed E-state index contributed by atoms with van der Waals surface area (Å²) in [5.41, 5.74) is 1.51. The SMILES string of the molecule is Cc1[nH]ncc1C(=O)NCC(Cl)CC(C)(C)C. The van der Waals surface area contributed by atoms with Crippen LogP contribution in [-0.4, -0.2) is 28.0 Å². The van der Waals surface area contributed by atoms with Gasteiger partial charge in [0.25, 0.3) is 5.91 Å². The van der Waals surface area contributed by atoms with Crippen LogP contribution in [0.4, 0.5) is 0 Å². The van der Waals surface area contributed by atoms with Gasteiger partial charge in [0.2, 0.25) is 0 Å². The molecule has 96 valence electrons. The molecule has 0 saturated carbocycles. The molecule has 0 aliphatic carbocycles. The Hall–Kier alpha value is -1.03. The smallest absolute Gasteiger partial charge is 0.254 e. The molecule has 0 saturated heterocycles. The second-order valence-electron chi connectivity index (χ2n) is 5.48. The predicted octanol–water partition coefficient (Wildman–Crippen LogP) is 2.49. The van der Waals surface area contributed by atoms with E-state index in [9.17, 15) is 4.79 Å². The average Bonchev–Trinajstić information content (AvgIpc) is 2.58. The van der Waals surface area contributed by atoms with Gasteiger partial charge in [-0.1, -0.05) is 20.8 Å². The summed E-state index contributed by atoms with van der Waals surface area (Å²) in [5.74, 6) is -0.129. The van der Waals surface area contributed by atoms with Crippen molar-refractivity contribution in [1.82, 2.24) is 15.5 Å². The lowest BCUT2D eigenvalue weighted by atomic mass is 9.90. The summed E-state index contributed by atoms with van der Waals surface area (Å²) in [6.07, 6.45) is 2.39. The second-order valence-corrected chi connectivity index (χ2v) is 6.10. The molecule has 0 fully saturated rings. The zero-order valence-electron chi connectivity index (χ0n) is 10.8. The highest BCUT2D eigenvalue weighted by Gasteiger charge is 2.18. The van der Waals surface area contributed by atoms with Crippen molar-refractivity contribution in [3.05, 3.63) is 17.5 Å². The van der Waals surface area contributed by atoms with Gasteiger partial charge in [0.1, 0.15) is 0 Å². The van der Waals surface area contributed by atoms with Crippen molar-refractivity contribution in [3.8, 4) is 0 Å². The third-order valence-electron chi connectivity index (χ3n) is 2.39. The quantitative estimate of drug-likeness (QED) is 0.815. The fourth-order valence-corrected chi connectivity index (χ4v) is 2.15. The minimum absolute atomic E-state index is 0.0499. The van der Waals surface area contributed by atoms with Crippen LogP contribution in [0.25, 0.3) is 0 Å². The topological polar surface area (TPSA) is 57.8 Å². The molecule has 0 radical (unpaired) electrons. The monoisotopic (exact) mass is 257 g/mol. The first-order valence-electron chi connectivity index (χ1n) is 5.72. The van der Waals surface area contributed by atoms with Crippen LogP contribution < -0.4 is 5.32 Å². The number of hydrogen-bond donors (Lipinski definition) is 2. The fraction of sp³-hybridized carbons (Fsp3) is 0.667. The Morgan fingerprint density at radius 3 is 2.71 bits per heavy atom. The molecule has 0 aliphatic rings. The third-order valence-corrected chi connectivity index (χ3v) is 2.70. The van der Waals surface area contributed by atoms with E-state index in [-0.39, 0.29) is 16.7 Å². The third kappa shape index (κ3) is 4.77. The van der Waals surface area contributed by atoms with Gasteiger partial charge in [-0.25, -0.2) is 0 Å². The average molecular weight is 258 g/mol. The van der Waals surface area contributed by atoms with E-state index in [0.717, 1.165) is 12.1 Å². The summed E-state index contributed by atoms with van der Waals surface area (Å²) in [5, 5.41) is 9.31. The van der Waals surface area contributed by atoms with Gasteiger partial charge in [0.05, 0.1) is 17.1 Å². The van der Waals surface area contributed by atoms with Crippen LogP contribution in [0.1, 0.15) is 43.2 Å². The number of aromatic nitrogens is 2. The van der Waals surface area contributed by atoms with Gasteiger partial charge in [-0.2, -0.15) is 5.10 Å². The highest BCUT2D eigenvalue weighted by atomic mass is 35.5. The minimum Gasteiger partial charge on any atom is -0.350 e. The van der Waals surface area contributed by atoms with Crippen LogP contribution >= 0.6 is 11.6 Å². The van der Waals surface area contributed by atoms with Crippen molar-refractivity contribution >= 4 is 17.5 Å². The first-order valence-corrected chi connectivity index (χ1v) is 6.15. The van der Waals surface area contributed by atoms with E-state index in [1.54, 1.807) is 0 Å². The van der Waals surface area contributed by atoms with Crippen molar-refractivity contribution in [2.75, 3.05) is 6.54 Å². The Morgan fingerprint density at radius 1 is 1.59 bits per heavy atom. The number of nitrogens with one attached hydrogen (secondary N) is 2. The molecule has 4 nitrogen and oxygen atoms in total. The van der Waals surface area contributed by atoms with Crippen molar-refractivity contribution < 1.29 is 4.79 Å². The number of carbonyl (C=O) groups excluding carboxylic acids is 1. The molecule has 1 heterocycles. The number of nitrogens with zero attached hydrogens (tertiary/aromatic N) is 1. The Balaban J connectivity index is 2.42. The summed E-state index contributed by atoms with van der Waals surface area (Å²) in [6, 6.07) is 0. The number of carbonyl (C=O) groups is 1. The van der Waals surface area contributed by atoms with Crippen molar-refractivity contribution in [2.45, 2.75) is 39.5 Å². The Kier molecular flexibility index (Phi) is 4.57. The molecule has 1 aromatic rings. The number of halogens is 1. The largest absolute Gasteiger partial charge is 0.350 e. The summed E-state index contributed by atoms with van der Waals surface area (Å²) in [4.78, 5) is 11.8. The predicted molar refractivity (Wildman–Crippen MR) is 69.4 cm³/mol. The van der Waals surface area contributed by atoms with Crippen LogP contribution in [0.5, 0.6) is 0 Å². The normalized spacial score (nSPS) is 13.5. The molecular formula is C12H20ClN3O. The Morgan fingerprint density at radius 2 is 2.24 bits per heavy atom. The van der Waals surface area contributed by atoms with Gasteiger partial charge < -0.3 is 5.32 Å². The van der Waals surface area contributed by atoms with E-state index < -0.39 is 0 Å². The van der Waals surface area contributed by atoms with Crippen LogP contribution in [0.15, 0.2) is 6.20 Å². The zero-order valence-corrected chi connectivity index (χ0v) is 11.6. The maximum absolute atomic E-state index is 11.8. The highest BCUT2D eigenvalue weighted by Crippen LogP contribution is 2.23. The van der Waals surface area contributed by atoms with Crippen LogP contribution in [0.2, 0.25) is 0 Å². The Labute approximate surface area is 107 Å². The summed E-state index contributed by atoms with van der Waals surface area (Å²) < 4.78 is 0. The molecule has 17 heavy (non-hydrogen) atoms. The lowest BCUT2D eigenvalue weighted by molar-refractivity contribution is 0.0951. The van der Waals surface area contributed by atoms with Gasteiger partial charge in [-0.05, 0) is 18.8 Å². The first kappa shape index (κ1) is 14.0. The van der Waals surface area contributed by atoms with Gasteiger partial charge in [-0.15, -0.1) is 11.6 Å². The summed E-state index contributed by atoms with van der Waals surface area (Å²) >= 11 is 6.17. The molecule has 2 N–H and O–H groups in total. The molecule has 0 aliphatic heterocycles. The van der Waals surface area contributed by atoms with E-state index in [1.165, 1.54) is 6.20 Å². The fourth-order valence-electron chi connectivity index (χ4n) is 1.61. The maximum Gasteiger partial charge on any atom is 0.254 e. The van der Waals surface area contributed by atoms with Gasteiger partial charge in [-0.3, -0.25) is 9.89 Å². The molecule has 0 aromatic carbocycles. The molecule has 1 unspecified atom stereocenters. The maximum atomic E-state index is 11.8. The molecule has 1 amide bonds.